The lowest BCUT2D eigenvalue weighted by Crippen LogP contribution is -2.36. The van der Waals surface area contributed by atoms with Crippen molar-refractivity contribution >= 4 is 29.2 Å². The third-order valence-electron chi connectivity index (χ3n) is 4.85. The van der Waals surface area contributed by atoms with E-state index in [2.05, 4.69) is 28.8 Å². The second-order valence-electron chi connectivity index (χ2n) is 7.45. The highest BCUT2D eigenvalue weighted by Gasteiger charge is 2.18. The summed E-state index contributed by atoms with van der Waals surface area (Å²) in [4.78, 5) is 26.8. The molecule has 1 heterocycles. The van der Waals surface area contributed by atoms with Crippen LogP contribution < -0.4 is 10.6 Å². The number of carbonyl (C=O) groups excluding carboxylic acids is 2. The summed E-state index contributed by atoms with van der Waals surface area (Å²) < 4.78 is 0. The number of amides is 2. The fraction of sp³-hybridized carbons (Fsp3) is 0.200. The van der Waals surface area contributed by atoms with Crippen molar-refractivity contribution in [3.8, 4) is 0 Å². The molecule has 0 unspecified atom stereocenters. The zero-order valence-electron chi connectivity index (χ0n) is 17.7. The summed E-state index contributed by atoms with van der Waals surface area (Å²) in [6.07, 6.45) is 1.71. The van der Waals surface area contributed by atoms with Crippen molar-refractivity contribution in [2.45, 2.75) is 33.7 Å². The topological polar surface area (TPSA) is 58.2 Å². The highest BCUT2D eigenvalue weighted by atomic mass is 32.1. The summed E-state index contributed by atoms with van der Waals surface area (Å²) in [7, 11) is 0. The van der Waals surface area contributed by atoms with Crippen molar-refractivity contribution in [1.82, 2.24) is 10.6 Å². The minimum absolute atomic E-state index is 0.194. The Balaban J connectivity index is 1.84. The molecule has 4 nitrogen and oxygen atoms in total. The maximum atomic E-state index is 13.1. The highest BCUT2D eigenvalue weighted by molar-refractivity contribution is 7.10. The van der Waals surface area contributed by atoms with Crippen LogP contribution >= 0.6 is 11.3 Å². The van der Waals surface area contributed by atoms with Crippen molar-refractivity contribution in [2.75, 3.05) is 0 Å². The predicted molar refractivity (Wildman–Crippen MR) is 123 cm³/mol. The molecular weight excluding hydrogens is 392 g/mol. The van der Waals surface area contributed by atoms with Gasteiger partial charge >= 0.3 is 0 Å². The van der Waals surface area contributed by atoms with Crippen LogP contribution in [-0.4, -0.2) is 11.8 Å². The van der Waals surface area contributed by atoms with Crippen LogP contribution in [0.5, 0.6) is 0 Å². The van der Waals surface area contributed by atoms with E-state index < -0.39 is 0 Å². The van der Waals surface area contributed by atoms with E-state index >= 15 is 0 Å². The smallest absolute Gasteiger partial charge is 0.268 e. The van der Waals surface area contributed by atoms with Crippen LogP contribution in [0.1, 0.15) is 50.5 Å². The SMILES string of the molecule is Cc1cccc(C(=O)N/C(=C\c2cccs2)C(=O)N[C@H](C)c2cc(C)ccc2C)c1. The molecule has 3 rings (SSSR count). The number of benzene rings is 2. The molecule has 0 spiro atoms. The first-order valence-corrected chi connectivity index (χ1v) is 10.7. The second kappa shape index (κ2) is 9.55. The van der Waals surface area contributed by atoms with Crippen LogP contribution in [0.4, 0.5) is 0 Å². The van der Waals surface area contributed by atoms with E-state index in [4.69, 9.17) is 0 Å². The fourth-order valence-electron chi connectivity index (χ4n) is 3.23. The first-order valence-electron chi connectivity index (χ1n) is 9.84. The van der Waals surface area contributed by atoms with Crippen molar-refractivity contribution in [3.63, 3.8) is 0 Å². The molecule has 30 heavy (non-hydrogen) atoms. The van der Waals surface area contributed by atoms with Crippen molar-refractivity contribution in [1.29, 1.82) is 0 Å². The van der Waals surface area contributed by atoms with Gasteiger partial charge in [0, 0.05) is 10.4 Å². The lowest BCUT2D eigenvalue weighted by Gasteiger charge is -2.19. The first kappa shape index (κ1) is 21.5. The Morgan fingerprint density at radius 1 is 0.967 bits per heavy atom. The van der Waals surface area contributed by atoms with Crippen LogP contribution in [-0.2, 0) is 4.79 Å². The summed E-state index contributed by atoms with van der Waals surface area (Å²) in [6, 6.07) is 17.1. The Kier molecular flexibility index (Phi) is 6.85. The van der Waals surface area contributed by atoms with Gasteiger partial charge in [0.1, 0.15) is 5.70 Å². The molecule has 0 aliphatic rings. The molecule has 0 saturated carbocycles. The van der Waals surface area contributed by atoms with E-state index in [9.17, 15) is 9.59 Å². The summed E-state index contributed by atoms with van der Waals surface area (Å²) in [5.74, 6) is -0.631. The normalized spacial score (nSPS) is 12.3. The van der Waals surface area contributed by atoms with Crippen LogP contribution in [0.2, 0.25) is 0 Å². The molecule has 5 heteroatoms. The number of carbonyl (C=O) groups is 2. The van der Waals surface area contributed by atoms with Gasteiger partial charge in [0.25, 0.3) is 11.8 Å². The zero-order chi connectivity index (χ0) is 21.7. The van der Waals surface area contributed by atoms with Gasteiger partial charge in [-0.2, -0.15) is 0 Å². The largest absolute Gasteiger partial charge is 0.344 e. The van der Waals surface area contributed by atoms with Crippen LogP contribution in [0, 0.1) is 20.8 Å². The maximum Gasteiger partial charge on any atom is 0.268 e. The van der Waals surface area contributed by atoms with Gasteiger partial charge in [-0.1, -0.05) is 47.5 Å². The van der Waals surface area contributed by atoms with Crippen LogP contribution in [0.3, 0.4) is 0 Å². The van der Waals surface area contributed by atoms with E-state index in [0.717, 1.165) is 27.1 Å². The van der Waals surface area contributed by atoms with E-state index in [1.807, 2.05) is 57.3 Å². The highest BCUT2D eigenvalue weighted by Crippen LogP contribution is 2.20. The summed E-state index contributed by atoms with van der Waals surface area (Å²) in [5, 5.41) is 7.76. The summed E-state index contributed by atoms with van der Waals surface area (Å²) >= 11 is 1.51. The van der Waals surface area contributed by atoms with Gasteiger partial charge in [0.2, 0.25) is 0 Å². The summed E-state index contributed by atoms with van der Waals surface area (Å²) in [6.45, 7) is 7.93. The number of thiophene rings is 1. The number of hydrogen-bond acceptors (Lipinski definition) is 3. The molecule has 2 amide bonds. The zero-order valence-corrected chi connectivity index (χ0v) is 18.5. The van der Waals surface area contributed by atoms with Gasteiger partial charge in [0.15, 0.2) is 0 Å². The van der Waals surface area contributed by atoms with Gasteiger partial charge in [0.05, 0.1) is 6.04 Å². The molecule has 154 valence electrons. The molecule has 0 aliphatic heterocycles. The Hall–Kier alpha value is -3.18. The third kappa shape index (κ3) is 5.45. The Morgan fingerprint density at radius 3 is 2.43 bits per heavy atom. The molecule has 1 atom stereocenters. The first-order chi connectivity index (χ1) is 14.3. The quantitative estimate of drug-likeness (QED) is 0.532. The molecule has 3 aromatic rings. The van der Waals surface area contributed by atoms with E-state index in [0.29, 0.717) is 5.56 Å². The van der Waals surface area contributed by atoms with Crippen LogP contribution in [0.15, 0.2) is 65.7 Å². The molecular formula is C25H26N2O2S. The van der Waals surface area contributed by atoms with Crippen molar-refractivity contribution in [2.24, 2.45) is 0 Å². The van der Waals surface area contributed by atoms with Gasteiger partial charge in [-0.15, -0.1) is 11.3 Å². The fourth-order valence-corrected chi connectivity index (χ4v) is 3.89. The molecule has 0 bridgehead atoms. The minimum atomic E-state index is -0.321. The molecule has 2 aromatic carbocycles. The maximum absolute atomic E-state index is 13.1. The summed E-state index contributed by atoms with van der Waals surface area (Å²) in [5.41, 5.74) is 5.03. The average molecular weight is 419 g/mol. The number of nitrogens with one attached hydrogen (secondary N) is 2. The second-order valence-corrected chi connectivity index (χ2v) is 8.43. The molecule has 0 saturated heterocycles. The van der Waals surface area contributed by atoms with E-state index in [1.54, 1.807) is 18.2 Å². The van der Waals surface area contributed by atoms with Gasteiger partial charge in [-0.25, -0.2) is 0 Å². The predicted octanol–water partition coefficient (Wildman–Crippen LogP) is 5.32. The molecule has 1 aromatic heterocycles. The molecule has 0 fully saturated rings. The molecule has 2 N–H and O–H groups in total. The Bertz CT molecular complexity index is 1080. The van der Waals surface area contributed by atoms with Gasteiger partial charge in [-0.3, -0.25) is 9.59 Å². The molecule has 0 aliphatic carbocycles. The number of aryl methyl sites for hydroxylation is 3. The van der Waals surface area contributed by atoms with Crippen molar-refractivity contribution in [3.05, 3.63) is 98.4 Å². The molecule has 0 radical (unpaired) electrons. The van der Waals surface area contributed by atoms with Gasteiger partial charge in [-0.05, 0) is 68.5 Å². The number of hydrogen-bond donors (Lipinski definition) is 2. The van der Waals surface area contributed by atoms with Gasteiger partial charge < -0.3 is 10.6 Å². The number of rotatable bonds is 6. The Morgan fingerprint density at radius 2 is 1.73 bits per heavy atom. The minimum Gasteiger partial charge on any atom is -0.344 e. The Labute approximate surface area is 181 Å². The van der Waals surface area contributed by atoms with Crippen LogP contribution in [0.25, 0.3) is 6.08 Å². The third-order valence-corrected chi connectivity index (χ3v) is 5.67. The van der Waals surface area contributed by atoms with E-state index in [1.165, 1.54) is 11.3 Å². The van der Waals surface area contributed by atoms with Crippen molar-refractivity contribution < 1.29 is 9.59 Å². The van der Waals surface area contributed by atoms with E-state index in [-0.39, 0.29) is 23.6 Å². The monoisotopic (exact) mass is 418 g/mol. The lowest BCUT2D eigenvalue weighted by molar-refractivity contribution is -0.118. The lowest BCUT2D eigenvalue weighted by atomic mass is 10.00. The average Bonchev–Trinajstić information content (AvgIpc) is 3.22. The standard InChI is InChI=1S/C25H26N2O2S/c1-16-7-5-8-20(13-16)24(28)27-23(15-21-9-6-12-30-21)25(29)26-19(4)22-14-17(2)10-11-18(22)3/h5-15,19H,1-4H3,(H,26,29)(H,27,28)/b23-15-/t19-/m1/s1.